The zero-order valence-electron chi connectivity index (χ0n) is 19.2. The predicted octanol–water partition coefficient (Wildman–Crippen LogP) is 5.11. The molecule has 0 saturated carbocycles. The molecule has 0 bridgehead atoms. The summed E-state index contributed by atoms with van der Waals surface area (Å²) in [5.41, 5.74) is 2.19. The molecule has 0 aliphatic rings. The Hall–Kier alpha value is -4.31. The van der Waals surface area contributed by atoms with Crippen molar-refractivity contribution in [1.29, 1.82) is 0 Å². The summed E-state index contributed by atoms with van der Waals surface area (Å²) < 4.78 is 10.6. The summed E-state index contributed by atoms with van der Waals surface area (Å²) in [6.45, 7) is 0. The number of para-hydroxylation sites is 2. The number of ether oxygens (including phenoxy) is 2. The molecule has 0 saturated heterocycles. The van der Waals surface area contributed by atoms with E-state index in [0.717, 1.165) is 11.4 Å². The van der Waals surface area contributed by atoms with Crippen molar-refractivity contribution in [2.24, 2.45) is 0 Å². The Morgan fingerprint density at radius 3 is 1.94 bits per heavy atom. The fourth-order valence-corrected chi connectivity index (χ4v) is 3.70. The van der Waals surface area contributed by atoms with E-state index in [-0.39, 0.29) is 11.7 Å². The quantitative estimate of drug-likeness (QED) is 0.262. The van der Waals surface area contributed by atoms with Crippen molar-refractivity contribution < 1.29 is 14.3 Å². The lowest BCUT2D eigenvalue weighted by atomic mass is 10.2. The maximum absolute atomic E-state index is 12.7. The third-order valence-corrected chi connectivity index (χ3v) is 5.54. The van der Waals surface area contributed by atoms with Crippen LogP contribution in [0.15, 0.2) is 84.0 Å². The van der Waals surface area contributed by atoms with Gasteiger partial charge in [-0.15, -0.1) is 0 Å². The Labute approximate surface area is 207 Å². The maximum atomic E-state index is 12.7. The zero-order chi connectivity index (χ0) is 24.5. The number of aromatic nitrogens is 3. The lowest BCUT2D eigenvalue weighted by Crippen LogP contribution is -2.15. The topological polar surface area (TPSA) is 110 Å². The van der Waals surface area contributed by atoms with E-state index in [1.165, 1.54) is 11.8 Å². The van der Waals surface area contributed by atoms with Crippen LogP contribution in [0.3, 0.4) is 0 Å². The third-order valence-electron chi connectivity index (χ3n) is 4.69. The van der Waals surface area contributed by atoms with Crippen molar-refractivity contribution in [3.05, 3.63) is 78.9 Å². The SMILES string of the molecule is COc1ccc(OC)c(NC(=O)CSc2nc(Nc3ccccc3)nc(Nc3ccccc3)n2)c1. The summed E-state index contributed by atoms with van der Waals surface area (Å²) in [6, 6.07) is 24.4. The Bertz CT molecular complexity index is 1220. The van der Waals surface area contributed by atoms with Crippen LogP contribution in [-0.2, 0) is 4.79 Å². The Kier molecular flexibility index (Phi) is 7.97. The van der Waals surface area contributed by atoms with Gasteiger partial charge in [-0.1, -0.05) is 48.2 Å². The molecule has 178 valence electrons. The molecule has 35 heavy (non-hydrogen) atoms. The highest BCUT2D eigenvalue weighted by Gasteiger charge is 2.13. The second kappa shape index (κ2) is 11.7. The van der Waals surface area contributed by atoms with Crippen LogP contribution in [0.1, 0.15) is 0 Å². The van der Waals surface area contributed by atoms with Crippen molar-refractivity contribution >= 4 is 46.6 Å². The van der Waals surface area contributed by atoms with Crippen LogP contribution in [0.2, 0.25) is 0 Å². The molecule has 1 heterocycles. The number of anilines is 5. The van der Waals surface area contributed by atoms with Gasteiger partial charge < -0.3 is 25.4 Å². The highest BCUT2D eigenvalue weighted by molar-refractivity contribution is 7.99. The smallest absolute Gasteiger partial charge is 0.234 e. The number of thioether (sulfide) groups is 1. The van der Waals surface area contributed by atoms with Crippen LogP contribution in [0.25, 0.3) is 0 Å². The van der Waals surface area contributed by atoms with Gasteiger partial charge in [-0.2, -0.15) is 15.0 Å². The number of nitrogens with one attached hydrogen (secondary N) is 3. The summed E-state index contributed by atoms with van der Waals surface area (Å²) in [6.07, 6.45) is 0. The van der Waals surface area contributed by atoms with Crippen molar-refractivity contribution in [2.45, 2.75) is 5.16 Å². The first-order valence-corrected chi connectivity index (χ1v) is 11.7. The number of hydrogen-bond acceptors (Lipinski definition) is 9. The number of methoxy groups -OCH3 is 2. The molecule has 4 aromatic rings. The van der Waals surface area contributed by atoms with Gasteiger partial charge >= 0.3 is 0 Å². The van der Waals surface area contributed by atoms with Crippen LogP contribution >= 0.6 is 11.8 Å². The second-order valence-electron chi connectivity index (χ2n) is 7.15. The number of benzene rings is 3. The molecule has 0 unspecified atom stereocenters. The predicted molar refractivity (Wildman–Crippen MR) is 138 cm³/mol. The standard InChI is InChI=1S/C25H24N6O3S/c1-33-19-13-14-21(34-2)20(15-19)28-22(32)16-35-25-30-23(26-17-9-5-3-6-10-17)29-24(31-25)27-18-11-7-4-8-12-18/h3-15H,16H2,1-2H3,(H,28,32)(H2,26,27,29,30,31). The third kappa shape index (κ3) is 6.84. The molecular formula is C25H24N6O3S. The Balaban J connectivity index is 1.50. The van der Waals surface area contributed by atoms with Gasteiger partial charge in [0.25, 0.3) is 0 Å². The molecule has 0 aliphatic carbocycles. The van der Waals surface area contributed by atoms with Gasteiger partial charge in [0.2, 0.25) is 17.8 Å². The lowest BCUT2D eigenvalue weighted by Gasteiger charge is -2.12. The molecule has 1 amide bonds. The van der Waals surface area contributed by atoms with Crippen molar-refractivity contribution in [1.82, 2.24) is 15.0 Å². The largest absolute Gasteiger partial charge is 0.497 e. The van der Waals surface area contributed by atoms with E-state index in [0.29, 0.717) is 34.2 Å². The Morgan fingerprint density at radius 1 is 0.800 bits per heavy atom. The first-order valence-electron chi connectivity index (χ1n) is 10.7. The minimum atomic E-state index is -0.239. The van der Waals surface area contributed by atoms with Gasteiger partial charge in [-0.3, -0.25) is 4.79 Å². The van der Waals surface area contributed by atoms with Crippen molar-refractivity contribution in [2.75, 3.05) is 35.9 Å². The number of rotatable bonds is 10. The molecular weight excluding hydrogens is 464 g/mol. The van der Waals surface area contributed by atoms with Gasteiger partial charge in [0, 0.05) is 17.4 Å². The van der Waals surface area contributed by atoms with Gasteiger partial charge in [-0.05, 0) is 36.4 Å². The van der Waals surface area contributed by atoms with Crippen LogP contribution in [-0.4, -0.2) is 40.8 Å². The summed E-state index contributed by atoms with van der Waals surface area (Å²) >= 11 is 1.19. The highest BCUT2D eigenvalue weighted by Crippen LogP contribution is 2.29. The van der Waals surface area contributed by atoms with E-state index in [4.69, 9.17) is 9.47 Å². The molecule has 0 spiro atoms. The molecule has 4 rings (SSSR count). The zero-order valence-corrected chi connectivity index (χ0v) is 20.0. The van der Waals surface area contributed by atoms with Gasteiger partial charge in [0.05, 0.1) is 25.7 Å². The second-order valence-corrected chi connectivity index (χ2v) is 8.09. The molecule has 3 aromatic carbocycles. The molecule has 0 aliphatic heterocycles. The molecule has 1 aromatic heterocycles. The average molecular weight is 489 g/mol. The molecule has 0 atom stereocenters. The summed E-state index contributed by atoms with van der Waals surface area (Å²) in [5, 5.41) is 9.60. The van der Waals surface area contributed by atoms with Gasteiger partial charge in [-0.25, -0.2) is 0 Å². The number of hydrogen-bond donors (Lipinski definition) is 3. The van der Waals surface area contributed by atoms with E-state index in [9.17, 15) is 4.79 Å². The van der Waals surface area contributed by atoms with Crippen LogP contribution < -0.4 is 25.4 Å². The summed E-state index contributed by atoms with van der Waals surface area (Å²) in [7, 11) is 3.10. The molecule has 0 fully saturated rings. The lowest BCUT2D eigenvalue weighted by molar-refractivity contribution is -0.113. The van der Waals surface area contributed by atoms with Gasteiger partial charge in [0.1, 0.15) is 11.5 Å². The molecule has 3 N–H and O–H groups in total. The number of carbonyl (C=O) groups excluding carboxylic acids is 1. The number of carbonyl (C=O) groups is 1. The van der Waals surface area contributed by atoms with Crippen LogP contribution in [0.5, 0.6) is 11.5 Å². The molecule has 0 radical (unpaired) electrons. The maximum Gasteiger partial charge on any atom is 0.234 e. The molecule has 10 heteroatoms. The first kappa shape index (κ1) is 23.8. The first-order chi connectivity index (χ1) is 17.1. The normalized spacial score (nSPS) is 10.3. The van der Waals surface area contributed by atoms with Gasteiger partial charge in [0.15, 0.2) is 5.16 Å². The van der Waals surface area contributed by atoms with E-state index in [1.807, 2.05) is 60.7 Å². The Morgan fingerprint density at radius 2 is 1.40 bits per heavy atom. The summed E-state index contributed by atoms with van der Waals surface area (Å²) in [5.74, 6) is 1.72. The summed E-state index contributed by atoms with van der Waals surface area (Å²) in [4.78, 5) is 26.1. The van der Waals surface area contributed by atoms with E-state index in [2.05, 4.69) is 30.9 Å². The fraction of sp³-hybridized carbons (Fsp3) is 0.120. The van der Waals surface area contributed by atoms with E-state index in [1.54, 1.807) is 32.4 Å². The fourth-order valence-electron chi connectivity index (χ4n) is 3.06. The minimum absolute atomic E-state index is 0.0833. The van der Waals surface area contributed by atoms with Crippen LogP contribution in [0.4, 0.5) is 29.0 Å². The molecule has 9 nitrogen and oxygen atoms in total. The van der Waals surface area contributed by atoms with E-state index >= 15 is 0 Å². The van der Waals surface area contributed by atoms with Crippen LogP contribution in [0, 0.1) is 0 Å². The highest BCUT2D eigenvalue weighted by atomic mass is 32.2. The van der Waals surface area contributed by atoms with Crippen molar-refractivity contribution in [3.63, 3.8) is 0 Å². The monoisotopic (exact) mass is 488 g/mol. The minimum Gasteiger partial charge on any atom is -0.497 e. The van der Waals surface area contributed by atoms with E-state index < -0.39 is 0 Å². The average Bonchev–Trinajstić information content (AvgIpc) is 2.88. The van der Waals surface area contributed by atoms with Crippen molar-refractivity contribution in [3.8, 4) is 11.5 Å². The number of amides is 1. The number of nitrogens with zero attached hydrogens (tertiary/aromatic N) is 3.